The number of benzene rings is 1. The topological polar surface area (TPSA) is 124 Å². The number of thiazole rings is 1. The average molecular weight is 644 g/mol. The summed E-state index contributed by atoms with van der Waals surface area (Å²) in [7, 11) is 0. The van der Waals surface area contributed by atoms with Crippen molar-refractivity contribution in [3.8, 4) is 0 Å². The van der Waals surface area contributed by atoms with Gasteiger partial charge in [-0.25, -0.2) is 15.0 Å². The van der Waals surface area contributed by atoms with Crippen LogP contribution in [0.25, 0.3) is 0 Å². The van der Waals surface area contributed by atoms with Gasteiger partial charge in [0.15, 0.2) is 11.9 Å². The first-order valence-corrected chi connectivity index (χ1v) is 16.1. The highest BCUT2D eigenvalue weighted by Crippen LogP contribution is 2.33. The Balaban J connectivity index is 1.61. The lowest BCUT2D eigenvalue weighted by Crippen LogP contribution is -2.47. The average Bonchev–Trinajstić information content (AvgIpc) is 3.48. The number of carbonyl (C=O) groups excluding carboxylic acids is 2. The predicted octanol–water partition coefficient (Wildman–Crippen LogP) is 5.43. The van der Waals surface area contributed by atoms with E-state index in [1.807, 2.05) is 45.9 Å². The molecule has 3 aromatic rings. The van der Waals surface area contributed by atoms with Gasteiger partial charge in [0.1, 0.15) is 22.3 Å². The number of anilines is 4. The van der Waals surface area contributed by atoms with Gasteiger partial charge in [0.2, 0.25) is 0 Å². The number of amides is 1. The number of nitrogens with one attached hydrogen (secondary N) is 1. The lowest BCUT2D eigenvalue weighted by atomic mass is 9.87. The van der Waals surface area contributed by atoms with Crippen LogP contribution in [0.1, 0.15) is 61.1 Å². The Labute approximate surface area is 268 Å². The minimum atomic E-state index is -0.649. The zero-order valence-corrected chi connectivity index (χ0v) is 27.7. The highest BCUT2D eigenvalue weighted by molar-refractivity contribution is 7.17. The van der Waals surface area contributed by atoms with E-state index in [1.54, 1.807) is 11.0 Å². The maximum atomic E-state index is 13.2. The van der Waals surface area contributed by atoms with E-state index in [-0.39, 0.29) is 25.2 Å². The maximum Gasteiger partial charge on any atom is 0.313 e. The smallest absolute Gasteiger partial charge is 0.313 e. The van der Waals surface area contributed by atoms with E-state index >= 15 is 0 Å². The minimum Gasteiger partial charge on any atom is -0.443 e. The number of piperazine rings is 1. The molecule has 1 saturated heterocycles. The van der Waals surface area contributed by atoms with Gasteiger partial charge in [-0.2, -0.15) is 0 Å². The second-order valence-corrected chi connectivity index (χ2v) is 13.0. The second kappa shape index (κ2) is 15.1. The van der Waals surface area contributed by atoms with Gasteiger partial charge in [-0.15, -0.1) is 0 Å². The van der Waals surface area contributed by atoms with Gasteiger partial charge >= 0.3 is 5.97 Å². The third kappa shape index (κ3) is 8.44. The summed E-state index contributed by atoms with van der Waals surface area (Å²) < 4.78 is 5.87. The molecule has 4 rings (SSSR count). The van der Waals surface area contributed by atoms with Crippen molar-refractivity contribution in [1.29, 1.82) is 0 Å². The Bertz CT molecular complexity index is 1420. The van der Waals surface area contributed by atoms with Crippen LogP contribution in [0.3, 0.4) is 0 Å². The molecule has 11 nitrogen and oxygen atoms in total. The van der Waals surface area contributed by atoms with Gasteiger partial charge < -0.3 is 20.1 Å². The molecule has 1 aliphatic rings. The fourth-order valence-electron chi connectivity index (χ4n) is 4.90. The first-order chi connectivity index (χ1) is 21.0. The van der Waals surface area contributed by atoms with Gasteiger partial charge in [0, 0.05) is 38.8 Å². The fraction of sp³-hybridized carbons (Fsp3) is 0.516. The third-order valence-corrected chi connectivity index (χ3v) is 8.98. The highest BCUT2D eigenvalue weighted by atomic mass is 35.5. The number of β-amino-alcohol motifs (C(OH)–C–C–N with tert-alkyl or cyclic N) is 1. The second-order valence-electron chi connectivity index (χ2n) is 11.6. The van der Waals surface area contributed by atoms with Crippen molar-refractivity contribution in [2.24, 2.45) is 5.41 Å². The monoisotopic (exact) mass is 643 g/mol. The number of aryl methyl sites for hydroxylation is 2. The number of halogens is 1. The predicted molar refractivity (Wildman–Crippen MR) is 175 cm³/mol. The van der Waals surface area contributed by atoms with E-state index in [0.717, 1.165) is 50.4 Å². The van der Waals surface area contributed by atoms with E-state index in [9.17, 15) is 14.7 Å². The highest BCUT2D eigenvalue weighted by Gasteiger charge is 2.30. The molecule has 1 aliphatic heterocycles. The number of nitrogens with zero attached hydrogens (tertiary/aromatic N) is 6. The van der Waals surface area contributed by atoms with E-state index in [4.69, 9.17) is 16.3 Å². The van der Waals surface area contributed by atoms with Crippen LogP contribution in [0, 0.1) is 19.3 Å². The molecule has 3 heterocycles. The van der Waals surface area contributed by atoms with Crippen molar-refractivity contribution in [3.63, 3.8) is 0 Å². The minimum absolute atomic E-state index is 0.130. The molecule has 2 N–H and O–H groups in total. The Morgan fingerprint density at radius 3 is 2.61 bits per heavy atom. The number of aliphatic hydroxyl groups excluding tert-OH is 1. The molecule has 13 heteroatoms. The summed E-state index contributed by atoms with van der Waals surface area (Å²) in [5, 5.41) is 13.1. The number of esters is 1. The lowest BCUT2D eigenvalue weighted by Gasteiger charge is -2.35. The summed E-state index contributed by atoms with van der Waals surface area (Å²) in [4.78, 5) is 46.8. The van der Waals surface area contributed by atoms with Crippen molar-refractivity contribution >= 4 is 57.3 Å². The van der Waals surface area contributed by atoms with Gasteiger partial charge in [-0.1, -0.05) is 54.8 Å². The summed E-state index contributed by atoms with van der Waals surface area (Å²) in [6.45, 7) is 13.3. The molecule has 0 radical (unpaired) electrons. The van der Waals surface area contributed by atoms with E-state index < -0.39 is 5.41 Å². The molecule has 0 atom stereocenters. The summed E-state index contributed by atoms with van der Waals surface area (Å²) >= 11 is 7.50. The number of aromatic nitrogens is 3. The van der Waals surface area contributed by atoms with Gasteiger partial charge in [0.25, 0.3) is 5.91 Å². The standard InChI is InChI=1S/C31H42ClN7O4S/c1-6-7-11-31(4,5)29(42)43-20-39(26-18-25(34-22(3)35-26)38-14-12-37(13-15-38)16-17-40)30-33-19-24(44-30)28(41)36-27-21(2)9-8-10-23(27)32/h8-10,18-19,40H,6-7,11-17,20H2,1-5H3,(H,36,41). The van der Waals surface area contributed by atoms with Crippen molar-refractivity contribution in [1.82, 2.24) is 19.9 Å². The number of unbranched alkanes of at least 4 members (excludes halogenated alkanes) is 1. The lowest BCUT2D eigenvalue weighted by molar-refractivity contribution is -0.154. The van der Waals surface area contributed by atoms with E-state index in [0.29, 0.717) is 45.3 Å². The summed E-state index contributed by atoms with van der Waals surface area (Å²) in [6, 6.07) is 7.29. The molecule has 0 saturated carbocycles. The number of hydrogen-bond donors (Lipinski definition) is 2. The van der Waals surface area contributed by atoms with Crippen molar-refractivity contribution in [2.75, 3.05) is 61.2 Å². The van der Waals surface area contributed by atoms with E-state index in [2.05, 4.69) is 37.0 Å². The molecule has 0 spiro atoms. The van der Waals surface area contributed by atoms with Crippen LogP contribution in [0.2, 0.25) is 5.02 Å². The first kappa shape index (κ1) is 33.6. The van der Waals surface area contributed by atoms with Crippen LogP contribution in [0.5, 0.6) is 0 Å². The SMILES string of the molecule is CCCCC(C)(C)C(=O)OCN(c1cc(N2CCN(CCO)CC2)nc(C)n1)c1ncc(C(=O)Nc2c(C)cccc2Cl)s1. The van der Waals surface area contributed by atoms with Crippen molar-refractivity contribution < 1.29 is 19.4 Å². The summed E-state index contributed by atoms with van der Waals surface area (Å²) in [5.74, 6) is 1.15. The van der Waals surface area contributed by atoms with Crippen LogP contribution < -0.4 is 15.1 Å². The van der Waals surface area contributed by atoms with Gasteiger partial charge in [0.05, 0.1) is 28.9 Å². The Hall–Kier alpha value is -3.32. The van der Waals surface area contributed by atoms with Crippen LogP contribution in [-0.2, 0) is 9.53 Å². The molecular weight excluding hydrogens is 602 g/mol. The molecule has 0 bridgehead atoms. The molecule has 1 amide bonds. The number of carbonyl (C=O) groups is 2. The van der Waals surface area contributed by atoms with Gasteiger partial charge in [-0.3, -0.25) is 19.4 Å². The Morgan fingerprint density at radius 2 is 1.93 bits per heavy atom. The molecule has 44 heavy (non-hydrogen) atoms. The normalized spacial score (nSPS) is 14.0. The zero-order chi connectivity index (χ0) is 31.9. The Morgan fingerprint density at radius 1 is 1.18 bits per heavy atom. The van der Waals surface area contributed by atoms with Crippen molar-refractivity contribution in [3.05, 3.63) is 51.7 Å². The third-order valence-electron chi connectivity index (χ3n) is 7.64. The van der Waals surface area contributed by atoms with Gasteiger partial charge in [-0.05, 0) is 45.7 Å². The zero-order valence-electron chi connectivity index (χ0n) is 26.1. The number of ether oxygens (including phenoxy) is 1. The van der Waals surface area contributed by atoms with Crippen LogP contribution >= 0.6 is 22.9 Å². The van der Waals surface area contributed by atoms with Crippen LogP contribution in [0.15, 0.2) is 30.5 Å². The summed E-state index contributed by atoms with van der Waals surface area (Å²) in [5.41, 5.74) is 0.740. The molecule has 0 unspecified atom stereocenters. The quantitative estimate of drug-likeness (QED) is 0.184. The number of rotatable bonds is 13. The molecule has 0 aliphatic carbocycles. The van der Waals surface area contributed by atoms with Crippen LogP contribution in [-0.4, -0.2) is 82.9 Å². The molecule has 1 fully saturated rings. The number of aliphatic hydroxyl groups is 1. The summed E-state index contributed by atoms with van der Waals surface area (Å²) in [6.07, 6.45) is 4.11. The van der Waals surface area contributed by atoms with Crippen molar-refractivity contribution in [2.45, 2.75) is 53.9 Å². The molecular formula is C31H42ClN7O4S. The molecule has 238 valence electrons. The largest absolute Gasteiger partial charge is 0.443 e. The first-order valence-electron chi connectivity index (χ1n) is 14.9. The maximum absolute atomic E-state index is 13.2. The number of para-hydroxylation sites is 1. The fourth-order valence-corrected chi connectivity index (χ4v) is 5.97. The Kier molecular flexibility index (Phi) is 11.5. The number of hydrogen-bond acceptors (Lipinski definition) is 11. The molecule has 1 aromatic carbocycles. The van der Waals surface area contributed by atoms with E-state index in [1.165, 1.54) is 17.5 Å². The molecule has 2 aromatic heterocycles. The van der Waals surface area contributed by atoms with Crippen LogP contribution in [0.4, 0.5) is 22.5 Å².